The normalized spacial score (nSPS) is 11.4. The molecule has 0 amide bonds. The Bertz CT molecular complexity index is 124. The van der Waals surface area contributed by atoms with Crippen LogP contribution in [0.25, 0.3) is 0 Å². The third-order valence-corrected chi connectivity index (χ3v) is 1.54. The van der Waals surface area contributed by atoms with Gasteiger partial charge in [0.1, 0.15) is 0 Å². The van der Waals surface area contributed by atoms with Crippen molar-refractivity contribution in [2.24, 2.45) is 5.41 Å². The Kier molecular flexibility index (Phi) is 4.33. The summed E-state index contributed by atoms with van der Waals surface area (Å²) in [6, 6.07) is 0. The van der Waals surface area contributed by atoms with Crippen LogP contribution in [0.1, 0.15) is 13.8 Å². The molecule has 0 saturated carbocycles. The predicted molar refractivity (Wildman–Crippen MR) is 43.1 cm³/mol. The summed E-state index contributed by atoms with van der Waals surface area (Å²) in [4.78, 5) is 0. The van der Waals surface area contributed by atoms with Gasteiger partial charge in [0.25, 0.3) is 0 Å². The fourth-order valence-corrected chi connectivity index (χ4v) is 0.899. The summed E-state index contributed by atoms with van der Waals surface area (Å²) in [6.07, 6.45) is 1.69. The van der Waals surface area contributed by atoms with Crippen LogP contribution in [-0.4, -0.2) is 35.1 Å². The SMILES string of the molecule is CC(C)=CC(CO)(CO)CO. The monoisotopic (exact) mass is 160 g/mol. The summed E-state index contributed by atoms with van der Waals surface area (Å²) < 4.78 is 0. The molecule has 0 atom stereocenters. The number of hydrogen-bond donors (Lipinski definition) is 3. The van der Waals surface area contributed by atoms with E-state index in [0.717, 1.165) is 5.57 Å². The van der Waals surface area contributed by atoms with Crippen molar-refractivity contribution in [3.63, 3.8) is 0 Å². The van der Waals surface area contributed by atoms with Crippen molar-refractivity contribution >= 4 is 0 Å². The third kappa shape index (κ3) is 3.01. The van der Waals surface area contributed by atoms with Crippen molar-refractivity contribution in [3.05, 3.63) is 11.6 Å². The second-order valence-corrected chi connectivity index (χ2v) is 3.06. The molecule has 0 aromatic carbocycles. The van der Waals surface area contributed by atoms with Gasteiger partial charge in [-0.1, -0.05) is 11.6 Å². The highest BCUT2D eigenvalue weighted by Crippen LogP contribution is 2.18. The summed E-state index contributed by atoms with van der Waals surface area (Å²) in [5.41, 5.74) is 0.126. The first kappa shape index (κ1) is 10.6. The maximum absolute atomic E-state index is 8.86. The smallest absolute Gasteiger partial charge is 0.0578 e. The van der Waals surface area contributed by atoms with Gasteiger partial charge in [0.05, 0.1) is 25.2 Å². The van der Waals surface area contributed by atoms with Gasteiger partial charge in [-0.05, 0) is 13.8 Å². The van der Waals surface area contributed by atoms with Gasteiger partial charge in [-0.3, -0.25) is 0 Å². The quantitative estimate of drug-likeness (QED) is 0.504. The molecule has 0 bridgehead atoms. The van der Waals surface area contributed by atoms with Gasteiger partial charge in [-0.15, -0.1) is 0 Å². The zero-order chi connectivity index (χ0) is 8.91. The van der Waals surface area contributed by atoms with Crippen molar-refractivity contribution in [1.82, 2.24) is 0 Å². The van der Waals surface area contributed by atoms with Gasteiger partial charge in [-0.2, -0.15) is 0 Å². The number of aliphatic hydroxyl groups is 3. The second kappa shape index (κ2) is 4.49. The lowest BCUT2D eigenvalue weighted by atomic mass is 9.89. The molecule has 11 heavy (non-hydrogen) atoms. The highest BCUT2D eigenvalue weighted by Gasteiger charge is 2.24. The standard InChI is InChI=1S/C8H16O3/c1-7(2)3-8(4-9,5-10)6-11/h3,9-11H,4-6H2,1-2H3. The Morgan fingerprint density at radius 1 is 1.09 bits per heavy atom. The Morgan fingerprint density at radius 2 is 1.45 bits per heavy atom. The maximum atomic E-state index is 8.86. The predicted octanol–water partition coefficient (Wildman–Crippen LogP) is -0.0841. The fraction of sp³-hybridized carbons (Fsp3) is 0.750. The topological polar surface area (TPSA) is 60.7 Å². The Hall–Kier alpha value is -0.380. The van der Waals surface area contributed by atoms with Crippen molar-refractivity contribution in [2.45, 2.75) is 13.8 Å². The van der Waals surface area contributed by atoms with Crippen LogP contribution in [0, 0.1) is 5.41 Å². The first-order valence-electron chi connectivity index (χ1n) is 3.59. The maximum Gasteiger partial charge on any atom is 0.0578 e. The summed E-state index contributed by atoms with van der Waals surface area (Å²) >= 11 is 0. The molecule has 0 radical (unpaired) electrons. The van der Waals surface area contributed by atoms with Crippen molar-refractivity contribution in [3.8, 4) is 0 Å². The number of allylic oxidation sites excluding steroid dienone is 1. The van der Waals surface area contributed by atoms with Crippen LogP contribution >= 0.6 is 0 Å². The summed E-state index contributed by atoms with van der Waals surface area (Å²) in [5, 5.41) is 26.6. The molecule has 0 fully saturated rings. The van der Waals surface area contributed by atoms with Gasteiger partial charge in [-0.25, -0.2) is 0 Å². The van der Waals surface area contributed by atoms with Crippen LogP contribution in [0.15, 0.2) is 11.6 Å². The van der Waals surface area contributed by atoms with Crippen molar-refractivity contribution in [1.29, 1.82) is 0 Å². The van der Waals surface area contributed by atoms with Gasteiger partial charge in [0.15, 0.2) is 0 Å². The molecule has 3 heteroatoms. The van der Waals surface area contributed by atoms with E-state index in [2.05, 4.69) is 0 Å². The molecule has 0 spiro atoms. The minimum absolute atomic E-state index is 0.231. The Morgan fingerprint density at radius 3 is 1.55 bits per heavy atom. The summed E-state index contributed by atoms with van der Waals surface area (Å²) in [5.74, 6) is 0. The Labute approximate surface area is 67.0 Å². The zero-order valence-corrected chi connectivity index (χ0v) is 7.04. The second-order valence-electron chi connectivity index (χ2n) is 3.06. The summed E-state index contributed by atoms with van der Waals surface area (Å²) in [6.45, 7) is 3.02. The lowest BCUT2D eigenvalue weighted by Crippen LogP contribution is -2.31. The van der Waals surface area contributed by atoms with E-state index >= 15 is 0 Å². The molecule has 3 N–H and O–H groups in total. The van der Waals surface area contributed by atoms with Crippen LogP contribution in [0.2, 0.25) is 0 Å². The molecular weight excluding hydrogens is 144 g/mol. The molecule has 0 heterocycles. The molecule has 0 aromatic rings. The number of aliphatic hydroxyl groups excluding tert-OH is 3. The van der Waals surface area contributed by atoms with Crippen molar-refractivity contribution < 1.29 is 15.3 Å². The van der Waals surface area contributed by atoms with E-state index in [0.29, 0.717) is 0 Å². The molecule has 0 aliphatic heterocycles. The number of hydrogen-bond acceptors (Lipinski definition) is 3. The van der Waals surface area contributed by atoms with Gasteiger partial charge < -0.3 is 15.3 Å². The average molecular weight is 160 g/mol. The van der Waals surface area contributed by atoms with Crippen LogP contribution in [0.4, 0.5) is 0 Å². The van der Waals surface area contributed by atoms with E-state index in [4.69, 9.17) is 15.3 Å². The van der Waals surface area contributed by atoms with E-state index in [1.165, 1.54) is 0 Å². The van der Waals surface area contributed by atoms with Gasteiger partial charge >= 0.3 is 0 Å². The first-order chi connectivity index (χ1) is 5.10. The van der Waals surface area contributed by atoms with Crippen LogP contribution < -0.4 is 0 Å². The third-order valence-electron chi connectivity index (χ3n) is 1.54. The Balaban J connectivity index is 4.42. The molecule has 0 aromatic heterocycles. The molecular formula is C8H16O3. The van der Waals surface area contributed by atoms with Crippen LogP contribution in [-0.2, 0) is 0 Å². The van der Waals surface area contributed by atoms with E-state index < -0.39 is 5.41 Å². The fourth-order valence-electron chi connectivity index (χ4n) is 0.899. The van der Waals surface area contributed by atoms with Crippen LogP contribution in [0.5, 0.6) is 0 Å². The van der Waals surface area contributed by atoms with E-state index in [-0.39, 0.29) is 19.8 Å². The van der Waals surface area contributed by atoms with Gasteiger partial charge in [0.2, 0.25) is 0 Å². The highest BCUT2D eigenvalue weighted by atomic mass is 16.3. The minimum atomic E-state index is -0.848. The molecule has 0 aliphatic carbocycles. The van der Waals surface area contributed by atoms with Crippen LogP contribution in [0.3, 0.4) is 0 Å². The highest BCUT2D eigenvalue weighted by molar-refractivity contribution is 5.05. The lowest BCUT2D eigenvalue weighted by Gasteiger charge is -2.23. The van der Waals surface area contributed by atoms with Gasteiger partial charge in [0, 0.05) is 0 Å². The largest absolute Gasteiger partial charge is 0.395 e. The molecule has 0 saturated heterocycles. The molecule has 3 nitrogen and oxygen atoms in total. The minimum Gasteiger partial charge on any atom is -0.395 e. The average Bonchev–Trinajstić information content (AvgIpc) is 2.00. The van der Waals surface area contributed by atoms with E-state index in [1.54, 1.807) is 6.08 Å². The zero-order valence-electron chi connectivity index (χ0n) is 7.04. The molecule has 0 unspecified atom stereocenters. The lowest BCUT2D eigenvalue weighted by molar-refractivity contribution is 0.0413. The van der Waals surface area contributed by atoms with E-state index in [1.807, 2.05) is 13.8 Å². The van der Waals surface area contributed by atoms with Crippen molar-refractivity contribution in [2.75, 3.05) is 19.8 Å². The van der Waals surface area contributed by atoms with E-state index in [9.17, 15) is 0 Å². The molecule has 0 rings (SSSR count). The molecule has 0 aliphatic rings. The molecule has 66 valence electrons. The first-order valence-corrected chi connectivity index (χ1v) is 3.59. The summed E-state index contributed by atoms with van der Waals surface area (Å²) in [7, 11) is 0. The number of rotatable bonds is 4.